The second kappa shape index (κ2) is 14.1. The summed E-state index contributed by atoms with van der Waals surface area (Å²) in [5.41, 5.74) is 2.70. The highest BCUT2D eigenvalue weighted by Crippen LogP contribution is 2.29. The maximum atomic E-state index is 12.6. The topological polar surface area (TPSA) is 34.1 Å². The molecule has 31 heavy (non-hydrogen) atoms. The van der Waals surface area contributed by atoms with Crippen LogP contribution in [0.5, 0.6) is 0 Å². The number of ketones is 2. The Labute approximate surface area is 193 Å². The van der Waals surface area contributed by atoms with E-state index < -0.39 is 0 Å². The Hall–Kier alpha value is -1.18. The van der Waals surface area contributed by atoms with E-state index in [1.54, 1.807) is 13.8 Å². The fraction of sp³-hybridized carbons (Fsp3) is 0.793. The van der Waals surface area contributed by atoms with Gasteiger partial charge in [0, 0.05) is 22.3 Å². The molecule has 0 aliphatic heterocycles. The normalized spacial score (nSPS) is 18.2. The van der Waals surface area contributed by atoms with Gasteiger partial charge in [-0.15, -0.1) is 0 Å². The first kappa shape index (κ1) is 27.9. The minimum absolute atomic E-state index is 0.0582. The minimum atomic E-state index is 0.0582. The van der Waals surface area contributed by atoms with Gasteiger partial charge < -0.3 is 0 Å². The summed E-state index contributed by atoms with van der Waals surface area (Å²) in [6, 6.07) is 0. The summed E-state index contributed by atoms with van der Waals surface area (Å²) < 4.78 is 0. The summed E-state index contributed by atoms with van der Waals surface area (Å²) in [6.07, 6.45) is 13.8. The zero-order chi connectivity index (χ0) is 23.6. The van der Waals surface area contributed by atoms with Crippen LogP contribution in [0.1, 0.15) is 126 Å². The molecule has 2 nitrogen and oxygen atoms in total. The predicted octanol–water partition coefficient (Wildman–Crippen LogP) is 8.65. The molecule has 0 bridgehead atoms. The van der Waals surface area contributed by atoms with Gasteiger partial charge in [0.05, 0.1) is 0 Å². The van der Waals surface area contributed by atoms with E-state index in [0.29, 0.717) is 22.6 Å². The molecular weight excluding hydrogens is 380 g/mol. The van der Waals surface area contributed by atoms with Crippen LogP contribution in [0.2, 0.25) is 0 Å². The van der Waals surface area contributed by atoms with Crippen LogP contribution in [0.3, 0.4) is 0 Å². The van der Waals surface area contributed by atoms with Crippen molar-refractivity contribution < 1.29 is 9.59 Å². The lowest BCUT2D eigenvalue weighted by Gasteiger charge is -2.20. The molecule has 0 amide bonds. The highest BCUT2D eigenvalue weighted by atomic mass is 16.1. The van der Waals surface area contributed by atoms with Crippen LogP contribution < -0.4 is 0 Å². The van der Waals surface area contributed by atoms with Gasteiger partial charge in [-0.2, -0.15) is 0 Å². The first-order chi connectivity index (χ1) is 14.5. The molecule has 0 unspecified atom stereocenters. The van der Waals surface area contributed by atoms with E-state index in [4.69, 9.17) is 0 Å². The van der Waals surface area contributed by atoms with E-state index in [-0.39, 0.29) is 11.6 Å². The molecule has 0 spiro atoms. The molecule has 1 aliphatic rings. The van der Waals surface area contributed by atoms with Crippen LogP contribution in [-0.2, 0) is 9.59 Å². The molecule has 1 rings (SSSR count). The Kier molecular flexibility index (Phi) is 12.6. The lowest BCUT2D eigenvalue weighted by atomic mass is 9.82. The largest absolute Gasteiger partial charge is 0.289 e. The first-order valence-electron chi connectivity index (χ1n) is 13.0. The average Bonchev–Trinajstić information content (AvgIpc) is 2.70. The molecule has 2 heteroatoms. The maximum Gasteiger partial charge on any atom is 0.185 e. The number of rotatable bonds is 15. The minimum Gasteiger partial charge on any atom is -0.289 e. The number of Topliss-reactive ketones (excluding diaryl/α,β-unsaturated/α-hetero) is 2. The number of carbonyl (C=O) groups excluding carboxylic acids is 2. The SMILES string of the molecule is CC1=C(C)C(=O)C(CC[C@@H](C)CCC[C@@H](C)CCC[C@@H](C)CCCC(C)C)=C(C)C1=O. The van der Waals surface area contributed by atoms with E-state index in [2.05, 4.69) is 34.6 Å². The fourth-order valence-electron chi connectivity index (χ4n) is 4.78. The molecule has 0 heterocycles. The standard InChI is InChI=1S/C29H50O2/c1-20(2)12-9-13-21(3)14-10-15-22(4)16-11-17-23(5)18-19-27-26(8)28(30)24(6)25(7)29(27)31/h20-23H,9-19H2,1-8H3/t21-,22-,23-/m0/s1. The Bertz CT molecular complexity index is 650. The molecule has 0 aromatic rings. The highest BCUT2D eigenvalue weighted by Gasteiger charge is 2.27. The van der Waals surface area contributed by atoms with Gasteiger partial charge in [0.15, 0.2) is 11.6 Å². The van der Waals surface area contributed by atoms with Gasteiger partial charge in [0.2, 0.25) is 0 Å². The van der Waals surface area contributed by atoms with Crippen molar-refractivity contribution in [3.8, 4) is 0 Å². The third-order valence-corrected chi connectivity index (χ3v) is 7.46. The van der Waals surface area contributed by atoms with Crippen LogP contribution in [-0.4, -0.2) is 11.6 Å². The van der Waals surface area contributed by atoms with Crippen molar-refractivity contribution >= 4 is 11.6 Å². The van der Waals surface area contributed by atoms with Gasteiger partial charge in [-0.05, 0) is 57.3 Å². The number of carbonyl (C=O) groups is 2. The third kappa shape index (κ3) is 9.87. The summed E-state index contributed by atoms with van der Waals surface area (Å²) in [4.78, 5) is 24.9. The molecule has 0 saturated carbocycles. The number of hydrogen-bond acceptors (Lipinski definition) is 2. The average molecular weight is 431 g/mol. The Morgan fingerprint density at radius 2 is 0.903 bits per heavy atom. The van der Waals surface area contributed by atoms with Crippen molar-refractivity contribution in [3.05, 3.63) is 22.3 Å². The Morgan fingerprint density at radius 1 is 0.516 bits per heavy atom. The third-order valence-electron chi connectivity index (χ3n) is 7.46. The Morgan fingerprint density at radius 3 is 1.35 bits per heavy atom. The predicted molar refractivity (Wildman–Crippen MR) is 134 cm³/mol. The summed E-state index contributed by atoms with van der Waals surface area (Å²) in [6.45, 7) is 17.2. The van der Waals surface area contributed by atoms with Crippen molar-refractivity contribution in [1.29, 1.82) is 0 Å². The molecule has 0 N–H and O–H groups in total. The second-order valence-corrected chi connectivity index (χ2v) is 11.1. The number of hydrogen-bond donors (Lipinski definition) is 0. The highest BCUT2D eigenvalue weighted by molar-refractivity contribution is 6.24. The molecule has 0 aromatic carbocycles. The quantitative estimate of drug-likeness (QED) is 0.244. The second-order valence-electron chi connectivity index (χ2n) is 11.1. The van der Waals surface area contributed by atoms with Crippen LogP contribution in [0, 0.1) is 23.7 Å². The van der Waals surface area contributed by atoms with Gasteiger partial charge >= 0.3 is 0 Å². The van der Waals surface area contributed by atoms with E-state index >= 15 is 0 Å². The van der Waals surface area contributed by atoms with Gasteiger partial charge in [0.25, 0.3) is 0 Å². The molecule has 0 fully saturated rings. The van der Waals surface area contributed by atoms with E-state index in [0.717, 1.165) is 36.2 Å². The molecule has 0 saturated heterocycles. The lowest BCUT2D eigenvalue weighted by Crippen LogP contribution is -2.21. The Balaban J connectivity index is 2.22. The molecule has 0 radical (unpaired) electrons. The van der Waals surface area contributed by atoms with E-state index in [1.807, 2.05) is 6.92 Å². The molecule has 178 valence electrons. The molecular formula is C29H50O2. The summed E-state index contributed by atoms with van der Waals surface area (Å²) in [5, 5.41) is 0. The zero-order valence-electron chi connectivity index (χ0n) is 21.9. The van der Waals surface area contributed by atoms with Crippen LogP contribution in [0.25, 0.3) is 0 Å². The lowest BCUT2D eigenvalue weighted by molar-refractivity contribution is -0.116. The summed E-state index contributed by atoms with van der Waals surface area (Å²) in [7, 11) is 0. The first-order valence-corrected chi connectivity index (χ1v) is 13.0. The summed E-state index contributed by atoms with van der Waals surface area (Å²) in [5.74, 6) is 3.28. The van der Waals surface area contributed by atoms with Crippen LogP contribution in [0.4, 0.5) is 0 Å². The monoisotopic (exact) mass is 430 g/mol. The zero-order valence-corrected chi connectivity index (χ0v) is 21.9. The van der Waals surface area contributed by atoms with Gasteiger partial charge in [-0.3, -0.25) is 9.59 Å². The smallest absolute Gasteiger partial charge is 0.185 e. The van der Waals surface area contributed by atoms with Crippen molar-refractivity contribution in [2.24, 2.45) is 23.7 Å². The van der Waals surface area contributed by atoms with Crippen molar-refractivity contribution in [2.75, 3.05) is 0 Å². The maximum absolute atomic E-state index is 12.6. The van der Waals surface area contributed by atoms with Crippen molar-refractivity contribution in [3.63, 3.8) is 0 Å². The van der Waals surface area contributed by atoms with E-state index in [9.17, 15) is 9.59 Å². The fourth-order valence-corrected chi connectivity index (χ4v) is 4.78. The summed E-state index contributed by atoms with van der Waals surface area (Å²) >= 11 is 0. The van der Waals surface area contributed by atoms with Gasteiger partial charge in [0.1, 0.15) is 0 Å². The van der Waals surface area contributed by atoms with Crippen LogP contribution >= 0.6 is 0 Å². The van der Waals surface area contributed by atoms with Crippen LogP contribution in [0.15, 0.2) is 22.3 Å². The van der Waals surface area contributed by atoms with Crippen molar-refractivity contribution in [2.45, 2.75) is 126 Å². The van der Waals surface area contributed by atoms with E-state index in [1.165, 1.54) is 57.8 Å². The number of allylic oxidation sites excluding steroid dienone is 4. The molecule has 3 atom stereocenters. The molecule has 0 aromatic heterocycles. The molecule has 1 aliphatic carbocycles. The van der Waals surface area contributed by atoms with Crippen molar-refractivity contribution in [1.82, 2.24) is 0 Å². The van der Waals surface area contributed by atoms with Gasteiger partial charge in [-0.25, -0.2) is 0 Å². The van der Waals surface area contributed by atoms with Gasteiger partial charge in [-0.1, -0.05) is 92.4 Å².